The Hall–Kier alpha value is -5.00. The van der Waals surface area contributed by atoms with Crippen LogP contribution in [-0.2, 0) is 19.1 Å². The van der Waals surface area contributed by atoms with E-state index in [0.717, 1.165) is 18.2 Å². The number of aromatic carboxylic acids is 4. The average molecular weight is 599 g/mol. The summed E-state index contributed by atoms with van der Waals surface area (Å²) < 4.78 is 8.60. The maximum atomic E-state index is 10.4. The number of cyclic esters (lactones) is 2. The molecular formula is C26H30O16. The van der Waals surface area contributed by atoms with Crippen molar-refractivity contribution in [1.82, 2.24) is 0 Å². The van der Waals surface area contributed by atoms with Gasteiger partial charge < -0.3 is 50.3 Å². The number of carbonyl (C=O) groups excluding carboxylic acids is 2. The molecule has 0 amide bonds. The largest absolute Gasteiger partial charge is 0.478 e. The first kappa shape index (κ1) is 39.1. The van der Waals surface area contributed by atoms with E-state index in [2.05, 4.69) is 9.47 Å². The predicted octanol–water partition coefficient (Wildman–Crippen LogP) is -0.249. The number of aliphatic hydroxyl groups is 4. The Bertz CT molecular complexity index is 1090. The third-order valence-electron chi connectivity index (χ3n) is 3.86. The smallest absolute Gasteiger partial charge is 0.338 e. The lowest BCUT2D eigenvalue weighted by Crippen LogP contribution is -2.03. The molecule has 1 heterocycles. The van der Waals surface area contributed by atoms with Gasteiger partial charge in [-0.05, 0) is 42.5 Å². The van der Waals surface area contributed by atoms with Crippen LogP contribution >= 0.6 is 0 Å². The number of rotatable bonds is 9. The van der Waals surface area contributed by atoms with Crippen molar-refractivity contribution in [1.29, 1.82) is 0 Å². The minimum Gasteiger partial charge on any atom is -0.478 e. The van der Waals surface area contributed by atoms with Gasteiger partial charge in [0.25, 0.3) is 0 Å². The fraction of sp³-hybridized carbons (Fsp3) is 0.231. The van der Waals surface area contributed by atoms with E-state index in [0.29, 0.717) is 13.2 Å². The Labute approximate surface area is 237 Å². The van der Waals surface area contributed by atoms with Crippen LogP contribution in [0.5, 0.6) is 0 Å². The summed E-state index contributed by atoms with van der Waals surface area (Å²) in [5, 5.41) is 65.4. The van der Waals surface area contributed by atoms with Crippen LogP contribution in [0.1, 0.15) is 41.4 Å². The van der Waals surface area contributed by atoms with Gasteiger partial charge >= 0.3 is 35.8 Å². The molecule has 0 saturated heterocycles. The van der Waals surface area contributed by atoms with Gasteiger partial charge in [0.15, 0.2) is 0 Å². The minimum atomic E-state index is -1.13. The molecule has 0 aromatic heterocycles. The number of hydrogen-bond donors (Lipinski definition) is 8. The highest BCUT2D eigenvalue weighted by Gasteiger charge is 2.10. The topological polar surface area (TPSA) is 283 Å². The Balaban J connectivity index is 0. The van der Waals surface area contributed by atoms with Crippen molar-refractivity contribution >= 4 is 35.8 Å². The summed E-state index contributed by atoms with van der Waals surface area (Å²) in [5.74, 6) is -5.54. The molecule has 0 spiro atoms. The van der Waals surface area contributed by atoms with E-state index in [-0.39, 0.29) is 48.7 Å². The van der Waals surface area contributed by atoms with Crippen molar-refractivity contribution < 1.29 is 79.1 Å². The lowest BCUT2D eigenvalue weighted by Gasteiger charge is -1.95. The van der Waals surface area contributed by atoms with E-state index in [9.17, 15) is 28.8 Å². The summed E-state index contributed by atoms with van der Waals surface area (Å²) in [6.07, 6.45) is 2.17. The number of carboxylic acid groups (broad SMARTS) is 4. The minimum absolute atomic E-state index is 0.0186. The number of aliphatic hydroxyl groups excluding tert-OH is 4. The lowest BCUT2D eigenvalue weighted by molar-refractivity contribution is -0.150. The van der Waals surface area contributed by atoms with Crippen LogP contribution in [0.3, 0.4) is 0 Å². The predicted molar refractivity (Wildman–Crippen MR) is 140 cm³/mol. The molecule has 16 nitrogen and oxygen atoms in total. The van der Waals surface area contributed by atoms with E-state index in [1.54, 1.807) is 0 Å². The van der Waals surface area contributed by atoms with Crippen molar-refractivity contribution in [3.8, 4) is 0 Å². The number of ether oxygens (including phenoxy) is 2. The zero-order valence-electron chi connectivity index (χ0n) is 21.9. The van der Waals surface area contributed by atoms with Crippen molar-refractivity contribution in [2.75, 3.05) is 39.6 Å². The molecule has 0 unspecified atom stereocenters. The first-order valence-electron chi connectivity index (χ1n) is 11.4. The maximum absolute atomic E-state index is 10.4. The molecule has 1 aliphatic heterocycles. The number of benzene rings is 2. The Kier molecular flexibility index (Phi) is 22.2. The molecule has 3 rings (SSSR count). The van der Waals surface area contributed by atoms with Gasteiger partial charge in [-0.3, -0.25) is 0 Å². The summed E-state index contributed by atoms with van der Waals surface area (Å²) >= 11 is 0. The van der Waals surface area contributed by atoms with Gasteiger partial charge in [-0.15, -0.1) is 0 Å². The van der Waals surface area contributed by atoms with Gasteiger partial charge in [0, 0.05) is 12.2 Å². The lowest BCUT2D eigenvalue weighted by atomic mass is 10.1. The molecule has 0 bridgehead atoms. The molecule has 230 valence electrons. The second-order valence-corrected chi connectivity index (χ2v) is 6.96. The Morgan fingerprint density at radius 1 is 0.548 bits per heavy atom. The first-order valence-corrected chi connectivity index (χ1v) is 11.4. The first-order chi connectivity index (χ1) is 19.8. The molecule has 16 heteroatoms. The summed E-state index contributed by atoms with van der Waals surface area (Å²) in [7, 11) is 0. The number of carboxylic acids is 4. The van der Waals surface area contributed by atoms with Crippen LogP contribution in [0.25, 0.3) is 0 Å². The molecule has 0 radical (unpaired) electrons. The van der Waals surface area contributed by atoms with E-state index in [4.69, 9.17) is 40.9 Å². The van der Waals surface area contributed by atoms with Crippen molar-refractivity contribution in [2.24, 2.45) is 0 Å². The fourth-order valence-electron chi connectivity index (χ4n) is 2.08. The van der Waals surface area contributed by atoms with Gasteiger partial charge in [0.05, 0.1) is 61.9 Å². The Morgan fingerprint density at radius 3 is 1.10 bits per heavy atom. The number of carbonyl (C=O) groups is 6. The van der Waals surface area contributed by atoms with E-state index in [1.165, 1.54) is 42.5 Å². The van der Waals surface area contributed by atoms with Gasteiger partial charge in [-0.2, -0.15) is 0 Å². The quantitative estimate of drug-likeness (QED) is 0.105. The highest BCUT2D eigenvalue weighted by Crippen LogP contribution is 2.05. The molecular weight excluding hydrogens is 568 g/mol. The number of hydrogen-bond acceptors (Lipinski definition) is 12. The second-order valence-electron chi connectivity index (χ2n) is 6.96. The number of esters is 2. The maximum Gasteiger partial charge on any atom is 0.338 e. The average Bonchev–Trinajstić information content (AvgIpc) is 3.36. The van der Waals surface area contributed by atoms with Gasteiger partial charge in [0.2, 0.25) is 0 Å². The standard InChI is InChI=1S/2C8H6O4.C4H2O3.C4H10O3.C2H6O2/c9-7(10)5-1-2-6(4-3-5)8(11)12;9-7(10)5-2-1-3-6(4-5)8(11)12;5-3-1-2-4(6)7-3;5-1-3-7-4-2-6;3-1-2-4/h2*1-4H,(H,9,10)(H,11,12);1-2H;5-6H,1-4H2;3-4H,1-2H2. The zero-order valence-corrected chi connectivity index (χ0v) is 21.9. The van der Waals surface area contributed by atoms with Crippen LogP contribution in [-0.4, -0.2) is 116 Å². The Morgan fingerprint density at radius 2 is 0.881 bits per heavy atom. The van der Waals surface area contributed by atoms with Crippen molar-refractivity contribution in [3.63, 3.8) is 0 Å². The monoisotopic (exact) mass is 598 g/mol. The molecule has 1 aliphatic rings. The summed E-state index contributed by atoms with van der Waals surface area (Å²) in [4.78, 5) is 61.3. The molecule has 0 aliphatic carbocycles. The molecule has 2 aromatic carbocycles. The van der Waals surface area contributed by atoms with Crippen molar-refractivity contribution in [2.45, 2.75) is 0 Å². The van der Waals surface area contributed by atoms with Crippen LogP contribution < -0.4 is 0 Å². The highest BCUT2D eigenvalue weighted by molar-refractivity contribution is 6.05. The SMILES string of the molecule is O=C(O)c1ccc(C(=O)O)cc1.O=C(O)c1cccc(C(=O)O)c1.O=C1C=CC(=O)O1.OCCO.OCCOCCO. The fourth-order valence-corrected chi connectivity index (χ4v) is 2.08. The normalized spacial score (nSPS) is 10.6. The van der Waals surface area contributed by atoms with Crippen LogP contribution in [0.4, 0.5) is 0 Å². The molecule has 0 atom stereocenters. The van der Waals surface area contributed by atoms with Gasteiger partial charge in [-0.1, -0.05) is 6.07 Å². The molecule has 0 fully saturated rings. The summed E-state index contributed by atoms with van der Waals surface area (Å²) in [6.45, 7) is 0.446. The molecule has 0 saturated carbocycles. The van der Waals surface area contributed by atoms with E-state index < -0.39 is 35.8 Å². The molecule has 8 N–H and O–H groups in total. The second kappa shape index (κ2) is 23.9. The van der Waals surface area contributed by atoms with Gasteiger partial charge in [0.1, 0.15) is 0 Å². The highest BCUT2D eigenvalue weighted by atomic mass is 16.6. The van der Waals surface area contributed by atoms with E-state index in [1.807, 2.05) is 0 Å². The summed E-state index contributed by atoms with van der Waals surface area (Å²) in [6, 6.07) is 10.2. The molecule has 42 heavy (non-hydrogen) atoms. The zero-order chi connectivity index (χ0) is 32.5. The van der Waals surface area contributed by atoms with E-state index >= 15 is 0 Å². The third kappa shape index (κ3) is 20.0. The summed E-state index contributed by atoms with van der Waals surface area (Å²) in [5.41, 5.74) is 0.129. The van der Waals surface area contributed by atoms with Crippen LogP contribution in [0.2, 0.25) is 0 Å². The molecule has 2 aromatic rings. The third-order valence-corrected chi connectivity index (χ3v) is 3.86. The van der Waals surface area contributed by atoms with Crippen molar-refractivity contribution in [3.05, 3.63) is 82.9 Å². The van der Waals surface area contributed by atoms with Gasteiger partial charge in [-0.25, -0.2) is 28.8 Å². The van der Waals surface area contributed by atoms with Crippen LogP contribution in [0, 0.1) is 0 Å². The van der Waals surface area contributed by atoms with Crippen LogP contribution in [0.15, 0.2) is 60.7 Å².